The van der Waals surface area contributed by atoms with Crippen LogP contribution in [-0.4, -0.2) is 29.1 Å². The highest BCUT2D eigenvalue weighted by molar-refractivity contribution is 6.30. The summed E-state index contributed by atoms with van der Waals surface area (Å²) in [6, 6.07) is 6.12. The number of esters is 1. The smallest absolute Gasteiger partial charge is 0.342 e. The van der Waals surface area contributed by atoms with Crippen LogP contribution in [0.3, 0.4) is 0 Å². The molecule has 2 N–H and O–H groups in total. The fourth-order valence-corrected chi connectivity index (χ4v) is 2.78. The quantitative estimate of drug-likeness (QED) is 0.823. The van der Waals surface area contributed by atoms with Crippen LogP contribution in [0.2, 0.25) is 5.02 Å². The van der Waals surface area contributed by atoms with Crippen LogP contribution in [0.25, 0.3) is 0 Å². The Balaban J connectivity index is 1.91. The van der Waals surface area contributed by atoms with Crippen LogP contribution < -0.4 is 5.32 Å². The molecule has 0 bridgehead atoms. The van der Waals surface area contributed by atoms with Crippen molar-refractivity contribution in [2.45, 2.75) is 37.6 Å². The molecular weight excluding hydrogens is 320 g/mol. The predicted molar refractivity (Wildman–Crippen MR) is 83.0 cm³/mol. The summed E-state index contributed by atoms with van der Waals surface area (Å²) in [5.41, 5.74) is -0.945. The van der Waals surface area contributed by atoms with Crippen molar-refractivity contribution < 1.29 is 19.4 Å². The molecule has 23 heavy (non-hydrogen) atoms. The highest BCUT2D eigenvalue weighted by Crippen LogP contribution is 2.27. The van der Waals surface area contributed by atoms with Gasteiger partial charge >= 0.3 is 5.97 Å². The monoisotopic (exact) mass is 336 g/mol. The molecule has 1 aliphatic rings. The van der Waals surface area contributed by atoms with Crippen LogP contribution in [0.15, 0.2) is 18.2 Å². The summed E-state index contributed by atoms with van der Waals surface area (Å²) < 4.78 is 4.88. The summed E-state index contributed by atoms with van der Waals surface area (Å²) in [5.74, 6) is -1.68. The van der Waals surface area contributed by atoms with Gasteiger partial charge in [-0.05, 0) is 31.0 Å². The number of nitrogens with one attached hydrogen (secondary N) is 1. The summed E-state index contributed by atoms with van der Waals surface area (Å²) in [4.78, 5) is 23.8. The number of amides is 1. The van der Waals surface area contributed by atoms with Gasteiger partial charge < -0.3 is 15.2 Å². The SMILES string of the molecule is N#CC1(NC(=O)COC(=O)c2ccc(Cl)cc2O)CCCCC1. The Morgan fingerprint density at radius 3 is 2.65 bits per heavy atom. The molecule has 1 amide bonds. The minimum atomic E-state index is -0.871. The number of ether oxygens (including phenoxy) is 1. The molecule has 1 aliphatic carbocycles. The number of nitrogens with zero attached hydrogens (tertiary/aromatic N) is 1. The summed E-state index contributed by atoms with van der Waals surface area (Å²) >= 11 is 5.68. The summed E-state index contributed by atoms with van der Waals surface area (Å²) in [5, 5.41) is 21.9. The van der Waals surface area contributed by atoms with E-state index in [9.17, 15) is 20.0 Å². The molecule has 0 saturated heterocycles. The van der Waals surface area contributed by atoms with Crippen LogP contribution in [-0.2, 0) is 9.53 Å². The van der Waals surface area contributed by atoms with Gasteiger partial charge in [0, 0.05) is 5.02 Å². The molecule has 1 saturated carbocycles. The number of nitriles is 1. The summed E-state index contributed by atoms with van der Waals surface area (Å²) in [6.07, 6.45) is 4.00. The lowest BCUT2D eigenvalue weighted by atomic mass is 9.83. The molecule has 0 radical (unpaired) electrons. The Morgan fingerprint density at radius 1 is 1.35 bits per heavy atom. The second-order valence-corrected chi connectivity index (χ2v) is 5.98. The molecule has 1 fully saturated rings. The van der Waals surface area contributed by atoms with Crippen LogP contribution >= 0.6 is 11.6 Å². The molecule has 0 aliphatic heterocycles. The average Bonchev–Trinajstić information content (AvgIpc) is 2.53. The van der Waals surface area contributed by atoms with Gasteiger partial charge in [-0.2, -0.15) is 5.26 Å². The van der Waals surface area contributed by atoms with Crippen molar-refractivity contribution in [2.75, 3.05) is 6.61 Å². The molecular formula is C16H17ClN2O4. The van der Waals surface area contributed by atoms with E-state index in [1.165, 1.54) is 18.2 Å². The fraction of sp³-hybridized carbons (Fsp3) is 0.438. The third kappa shape index (κ3) is 4.36. The first-order valence-electron chi connectivity index (χ1n) is 7.34. The molecule has 0 heterocycles. The Hall–Kier alpha value is -2.26. The second-order valence-electron chi connectivity index (χ2n) is 5.54. The van der Waals surface area contributed by atoms with Crippen molar-refractivity contribution in [3.63, 3.8) is 0 Å². The maximum absolute atomic E-state index is 11.9. The molecule has 0 unspecified atom stereocenters. The van der Waals surface area contributed by atoms with E-state index in [2.05, 4.69) is 11.4 Å². The molecule has 0 spiro atoms. The van der Waals surface area contributed by atoms with E-state index in [0.29, 0.717) is 12.8 Å². The molecule has 2 rings (SSSR count). The number of carbonyl (C=O) groups excluding carboxylic acids is 2. The number of phenols is 1. The number of hydrogen-bond donors (Lipinski definition) is 2. The number of phenolic OH excluding ortho intramolecular Hbond substituents is 1. The largest absolute Gasteiger partial charge is 0.507 e. The Labute approximate surface area is 139 Å². The van der Waals surface area contributed by atoms with Crippen LogP contribution in [0, 0.1) is 11.3 Å². The van der Waals surface area contributed by atoms with Crippen molar-refractivity contribution in [2.24, 2.45) is 0 Å². The number of aromatic hydroxyl groups is 1. The second kappa shape index (κ2) is 7.34. The van der Waals surface area contributed by atoms with E-state index in [-0.39, 0.29) is 16.3 Å². The third-order valence-electron chi connectivity index (χ3n) is 3.81. The first-order chi connectivity index (χ1) is 11.0. The maximum atomic E-state index is 11.9. The fourth-order valence-electron chi connectivity index (χ4n) is 2.61. The van der Waals surface area contributed by atoms with Gasteiger partial charge in [-0.1, -0.05) is 30.9 Å². The zero-order valence-corrected chi connectivity index (χ0v) is 13.2. The van der Waals surface area contributed by atoms with Gasteiger partial charge in [-0.25, -0.2) is 4.79 Å². The highest BCUT2D eigenvalue weighted by Gasteiger charge is 2.33. The van der Waals surface area contributed by atoms with Crippen molar-refractivity contribution in [1.29, 1.82) is 5.26 Å². The van der Waals surface area contributed by atoms with Crippen molar-refractivity contribution in [1.82, 2.24) is 5.32 Å². The first-order valence-corrected chi connectivity index (χ1v) is 7.71. The van der Waals surface area contributed by atoms with Crippen molar-refractivity contribution in [3.05, 3.63) is 28.8 Å². The Bertz CT molecular complexity index is 648. The molecule has 122 valence electrons. The number of rotatable bonds is 4. The number of carbonyl (C=O) groups is 2. The number of benzene rings is 1. The van der Waals surface area contributed by atoms with Crippen LogP contribution in [0.1, 0.15) is 42.5 Å². The van der Waals surface area contributed by atoms with E-state index >= 15 is 0 Å². The van der Waals surface area contributed by atoms with Crippen LogP contribution in [0.5, 0.6) is 5.75 Å². The standard InChI is InChI=1S/C16H17ClN2O4/c17-11-4-5-12(13(20)8-11)15(22)23-9-14(21)19-16(10-18)6-2-1-3-7-16/h4-5,8,20H,1-3,6-7,9H2,(H,19,21). The van der Waals surface area contributed by atoms with Gasteiger partial charge in [0.25, 0.3) is 5.91 Å². The van der Waals surface area contributed by atoms with Gasteiger partial charge in [-0.15, -0.1) is 0 Å². The van der Waals surface area contributed by atoms with Crippen molar-refractivity contribution >= 4 is 23.5 Å². The summed E-state index contributed by atoms with van der Waals surface area (Å²) in [6.45, 7) is -0.510. The zero-order chi connectivity index (χ0) is 16.9. The molecule has 0 atom stereocenters. The molecule has 6 nitrogen and oxygen atoms in total. The molecule has 0 aromatic heterocycles. The molecule has 1 aromatic rings. The van der Waals surface area contributed by atoms with Gasteiger partial charge in [0.05, 0.1) is 6.07 Å². The lowest BCUT2D eigenvalue weighted by molar-refractivity contribution is -0.125. The summed E-state index contributed by atoms with van der Waals surface area (Å²) in [7, 11) is 0. The average molecular weight is 337 g/mol. The van der Waals surface area contributed by atoms with E-state index in [4.69, 9.17) is 16.3 Å². The van der Waals surface area contributed by atoms with Gasteiger partial charge in [0.1, 0.15) is 16.9 Å². The predicted octanol–water partition coefficient (Wildman–Crippen LogP) is 2.55. The molecule has 7 heteroatoms. The highest BCUT2D eigenvalue weighted by atomic mass is 35.5. The van der Waals surface area contributed by atoms with Crippen molar-refractivity contribution in [3.8, 4) is 11.8 Å². The maximum Gasteiger partial charge on any atom is 0.342 e. The minimum absolute atomic E-state index is 0.0742. The number of hydrogen-bond acceptors (Lipinski definition) is 5. The topological polar surface area (TPSA) is 99.4 Å². The number of halogens is 1. The lowest BCUT2D eigenvalue weighted by Crippen LogP contribution is -2.50. The Kier molecular flexibility index (Phi) is 5.45. The third-order valence-corrected chi connectivity index (χ3v) is 4.05. The van der Waals surface area contributed by atoms with Gasteiger partial charge in [0.2, 0.25) is 0 Å². The zero-order valence-electron chi connectivity index (χ0n) is 12.5. The molecule has 1 aromatic carbocycles. The van der Waals surface area contributed by atoms with Gasteiger partial charge in [0.15, 0.2) is 6.61 Å². The van der Waals surface area contributed by atoms with E-state index in [1.54, 1.807) is 0 Å². The normalized spacial score (nSPS) is 16.2. The first kappa shape index (κ1) is 17.1. The Morgan fingerprint density at radius 2 is 2.04 bits per heavy atom. The van der Waals surface area contributed by atoms with E-state index in [0.717, 1.165) is 19.3 Å². The van der Waals surface area contributed by atoms with E-state index in [1.807, 2.05) is 0 Å². The minimum Gasteiger partial charge on any atom is -0.507 e. The lowest BCUT2D eigenvalue weighted by Gasteiger charge is -2.31. The van der Waals surface area contributed by atoms with Crippen LogP contribution in [0.4, 0.5) is 0 Å². The van der Waals surface area contributed by atoms with E-state index < -0.39 is 24.0 Å². The van der Waals surface area contributed by atoms with Gasteiger partial charge in [-0.3, -0.25) is 4.79 Å².